The molecule has 0 aromatic carbocycles. The summed E-state index contributed by atoms with van der Waals surface area (Å²) < 4.78 is 0. The van der Waals surface area contributed by atoms with E-state index in [0.29, 0.717) is 0 Å². The van der Waals surface area contributed by atoms with E-state index in [-0.39, 0.29) is 0 Å². The Balaban J connectivity index is 2.13. The van der Waals surface area contributed by atoms with E-state index < -0.39 is 0 Å². The second kappa shape index (κ2) is 4.73. The van der Waals surface area contributed by atoms with Crippen molar-refractivity contribution in [2.24, 2.45) is 0 Å². The molecule has 1 aliphatic heterocycles. The van der Waals surface area contributed by atoms with Crippen molar-refractivity contribution in [3.63, 3.8) is 0 Å². The maximum absolute atomic E-state index is 3.54. The molecule has 0 amide bonds. The number of rotatable bonds is 3. The van der Waals surface area contributed by atoms with Gasteiger partial charge < -0.3 is 10.2 Å². The van der Waals surface area contributed by atoms with Gasteiger partial charge in [-0.1, -0.05) is 13.3 Å². The van der Waals surface area contributed by atoms with Crippen LogP contribution < -0.4 is 5.32 Å². The standard InChI is InChI=1S/C9H20N2/c1-3-11(2)8-9-6-4-5-7-10-9/h9-10H,3-8H2,1-2H3. The zero-order valence-corrected chi connectivity index (χ0v) is 7.77. The van der Waals surface area contributed by atoms with Gasteiger partial charge in [0.1, 0.15) is 0 Å². The molecule has 66 valence electrons. The minimum absolute atomic E-state index is 0.758. The molecular weight excluding hydrogens is 136 g/mol. The van der Waals surface area contributed by atoms with E-state index >= 15 is 0 Å². The SMILES string of the molecule is CCN(C)CC1CCCCN1. The lowest BCUT2D eigenvalue weighted by atomic mass is 10.0. The number of nitrogens with zero attached hydrogens (tertiary/aromatic N) is 1. The van der Waals surface area contributed by atoms with Crippen molar-refractivity contribution < 1.29 is 0 Å². The summed E-state index contributed by atoms with van der Waals surface area (Å²) in [5.74, 6) is 0. The van der Waals surface area contributed by atoms with Gasteiger partial charge in [-0.3, -0.25) is 0 Å². The van der Waals surface area contributed by atoms with E-state index in [1.54, 1.807) is 0 Å². The van der Waals surface area contributed by atoms with E-state index in [1.165, 1.54) is 32.4 Å². The molecule has 1 atom stereocenters. The van der Waals surface area contributed by atoms with E-state index in [2.05, 4.69) is 24.2 Å². The molecule has 2 nitrogen and oxygen atoms in total. The molecule has 0 aromatic heterocycles. The Morgan fingerprint density at radius 2 is 2.27 bits per heavy atom. The first kappa shape index (κ1) is 9.01. The fraction of sp³-hybridized carbons (Fsp3) is 1.00. The van der Waals surface area contributed by atoms with E-state index in [0.717, 1.165) is 12.6 Å². The molecule has 0 saturated carbocycles. The first-order valence-electron chi connectivity index (χ1n) is 4.75. The molecule has 1 fully saturated rings. The predicted molar refractivity (Wildman–Crippen MR) is 48.8 cm³/mol. The molecule has 0 radical (unpaired) electrons. The van der Waals surface area contributed by atoms with Crippen molar-refractivity contribution in [2.75, 3.05) is 26.7 Å². The Hall–Kier alpha value is -0.0800. The molecule has 0 aliphatic carbocycles. The topological polar surface area (TPSA) is 15.3 Å². The normalized spacial score (nSPS) is 25.9. The monoisotopic (exact) mass is 156 g/mol. The second-order valence-electron chi connectivity index (χ2n) is 3.50. The van der Waals surface area contributed by atoms with Crippen molar-refractivity contribution in [1.29, 1.82) is 0 Å². The Morgan fingerprint density at radius 3 is 2.82 bits per heavy atom. The summed E-state index contributed by atoms with van der Waals surface area (Å²) in [6.07, 6.45) is 4.14. The van der Waals surface area contributed by atoms with Crippen molar-refractivity contribution in [2.45, 2.75) is 32.2 Å². The van der Waals surface area contributed by atoms with Gasteiger partial charge in [0.2, 0.25) is 0 Å². The molecule has 0 bridgehead atoms. The Kier molecular flexibility index (Phi) is 3.87. The number of hydrogen-bond donors (Lipinski definition) is 1. The van der Waals surface area contributed by atoms with Crippen LogP contribution in [0.3, 0.4) is 0 Å². The van der Waals surface area contributed by atoms with Crippen LogP contribution in [0.5, 0.6) is 0 Å². The maximum atomic E-state index is 3.54. The second-order valence-corrected chi connectivity index (χ2v) is 3.50. The highest BCUT2D eigenvalue weighted by molar-refractivity contribution is 4.74. The molecule has 1 rings (SSSR count). The van der Waals surface area contributed by atoms with Crippen molar-refractivity contribution >= 4 is 0 Å². The Bertz CT molecular complexity index is 97.7. The molecule has 11 heavy (non-hydrogen) atoms. The molecule has 0 aromatic rings. The summed E-state index contributed by atoms with van der Waals surface area (Å²) in [5.41, 5.74) is 0. The number of hydrogen-bond acceptors (Lipinski definition) is 2. The lowest BCUT2D eigenvalue weighted by molar-refractivity contribution is 0.272. The number of piperidine rings is 1. The van der Waals surface area contributed by atoms with Gasteiger partial charge in [0, 0.05) is 12.6 Å². The highest BCUT2D eigenvalue weighted by Gasteiger charge is 2.12. The lowest BCUT2D eigenvalue weighted by Gasteiger charge is -2.27. The Morgan fingerprint density at radius 1 is 1.45 bits per heavy atom. The zero-order valence-electron chi connectivity index (χ0n) is 7.77. The number of nitrogens with one attached hydrogen (secondary N) is 1. The fourth-order valence-corrected chi connectivity index (χ4v) is 1.59. The first-order chi connectivity index (χ1) is 5.33. The smallest absolute Gasteiger partial charge is 0.0194 e. The van der Waals surface area contributed by atoms with E-state index in [4.69, 9.17) is 0 Å². The summed E-state index contributed by atoms with van der Waals surface area (Å²) >= 11 is 0. The van der Waals surface area contributed by atoms with Crippen LogP contribution in [0.1, 0.15) is 26.2 Å². The van der Waals surface area contributed by atoms with Crippen LogP contribution >= 0.6 is 0 Å². The average Bonchev–Trinajstić information content (AvgIpc) is 2.06. The van der Waals surface area contributed by atoms with Crippen LogP contribution in [0.25, 0.3) is 0 Å². The predicted octanol–water partition coefficient (Wildman–Crippen LogP) is 1.08. The zero-order chi connectivity index (χ0) is 8.10. The highest BCUT2D eigenvalue weighted by atomic mass is 15.1. The quantitative estimate of drug-likeness (QED) is 0.658. The molecule has 1 saturated heterocycles. The summed E-state index contributed by atoms with van der Waals surface area (Å²) in [4.78, 5) is 2.38. The fourth-order valence-electron chi connectivity index (χ4n) is 1.59. The van der Waals surface area contributed by atoms with Gasteiger partial charge in [-0.2, -0.15) is 0 Å². The molecule has 1 N–H and O–H groups in total. The summed E-state index contributed by atoms with van der Waals surface area (Å²) in [7, 11) is 2.19. The van der Waals surface area contributed by atoms with Crippen LogP contribution in [0.15, 0.2) is 0 Å². The molecule has 2 heteroatoms. The molecule has 1 aliphatic rings. The maximum Gasteiger partial charge on any atom is 0.0194 e. The van der Waals surface area contributed by atoms with Gasteiger partial charge in [-0.25, -0.2) is 0 Å². The summed E-state index contributed by atoms with van der Waals surface area (Å²) in [6, 6.07) is 0.758. The first-order valence-corrected chi connectivity index (χ1v) is 4.75. The Labute approximate surface area is 70.0 Å². The number of likely N-dealkylation sites (N-methyl/N-ethyl adjacent to an activating group) is 1. The largest absolute Gasteiger partial charge is 0.313 e. The van der Waals surface area contributed by atoms with Gasteiger partial charge in [-0.15, -0.1) is 0 Å². The van der Waals surface area contributed by atoms with Crippen LogP contribution in [0.2, 0.25) is 0 Å². The lowest BCUT2D eigenvalue weighted by Crippen LogP contribution is -2.42. The van der Waals surface area contributed by atoms with Crippen molar-refractivity contribution in [3.8, 4) is 0 Å². The van der Waals surface area contributed by atoms with Crippen molar-refractivity contribution in [1.82, 2.24) is 10.2 Å². The molecular formula is C9H20N2. The van der Waals surface area contributed by atoms with Gasteiger partial charge in [0.15, 0.2) is 0 Å². The van der Waals surface area contributed by atoms with Crippen LogP contribution in [-0.4, -0.2) is 37.6 Å². The minimum atomic E-state index is 0.758. The molecule has 1 unspecified atom stereocenters. The van der Waals surface area contributed by atoms with Crippen LogP contribution in [0.4, 0.5) is 0 Å². The summed E-state index contributed by atoms with van der Waals surface area (Å²) in [6.45, 7) is 5.82. The third-order valence-corrected chi connectivity index (χ3v) is 2.48. The van der Waals surface area contributed by atoms with Gasteiger partial charge in [-0.05, 0) is 33.0 Å². The molecule has 0 spiro atoms. The third kappa shape index (κ3) is 3.21. The van der Waals surface area contributed by atoms with Gasteiger partial charge >= 0.3 is 0 Å². The van der Waals surface area contributed by atoms with Crippen molar-refractivity contribution in [3.05, 3.63) is 0 Å². The van der Waals surface area contributed by atoms with Gasteiger partial charge in [0.05, 0.1) is 0 Å². The third-order valence-electron chi connectivity index (χ3n) is 2.48. The minimum Gasteiger partial charge on any atom is -0.313 e. The summed E-state index contributed by atoms with van der Waals surface area (Å²) in [5, 5.41) is 3.54. The van der Waals surface area contributed by atoms with E-state index in [9.17, 15) is 0 Å². The average molecular weight is 156 g/mol. The van der Waals surface area contributed by atoms with E-state index in [1.807, 2.05) is 0 Å². The highest BCUT2D eigenvalue weighted by Crippen LogP contribution is 2.07. The van der Waals surface area contributed by atoms with Gasteiger partial charge in [0.25, 0.3) is 0 Å². The van der Waals surface area contributed by atoms with Crippen LogP contribution in [-0.2, 0) is 0 Å². The molecule has 1 heterocycles. The van der Waals surface area contributed by atoms with Crippen LogP contribution in [0, 0.1) is 0 Å².